The van der Waals surface area contributed by atoms with Crippen LogP contribution < -0.4 is 11.2 Å². The van der Waals surface area contributed by atoms with Crippen molar-refractivity contribution in [2.45, 2.75) is 37.7 Å². The van der Waals surface area contributed by atoms with Crippen LogP contribution in [0, 0.1) is 0 Å². The lowest BCUT2D eigenvalue weighted by Gasteiger charge is -2.31. The number of urea groups is 1. The maximum Gasteiger partial charge on any atom is 0.332 e. The van der Waals surface area contributed by atoms with Crippen LogP contribution in [0.1, 0.15) is 32.1 Å². The molecule has 0 saturated heterocycles. The van der Waals surface area contributed by atoms with Crippen LogP contribution in [0.5, 0.6) is 0 Å². The first kappa shape index (κ1) is 11.0. The van der Waals surface area contributed by atoms with Gasteiger partial charge < -0.3 is 10.5 Å². The van der Waals surface area contributed by atoms with Gasteiger partial charge in [-0.05, 0) is 12.8 Å². The quantitative estimate of drug-likeness (QED) is 0.525. The van der Waals surface area contributed by atoms with Gasteiger partial charge in [-0.15, -0.1) is 0 Å². The summed E-state index contributed by atoms with van der Waals surface area (Å²) in [6.07, 6.45) is 7.06. The minimum Gasteiger partial charge on any atom is -0.372 e. The van der Waals surface area contributed by atoms with Gasteiger partial charge in [-0.3, -0.25) is 0 Å². The van der Waals surface area contributed by atoms with Crippen molar-refractivity contribution in [2.75, 3.05) is 7.11 Å². The van der Waals surface area contributed by atoms with Gasteiger partial charge in [0.25, 0.3) is 0 Å². The van der Waals surface area contributed by atoms with Crippen LogP contribution in [0.15, 0.2) is 5.10 Å². The topological polar surface area (TPSA) is 76.7 Å². The van der Waals surface area contributed by atoms with E-state index in [1.807, 2.05) is 0 Å². The fourth-order valence-electron chi connectivity index (χ4n) is 1.75. The molecule has 0 aliphatic heterocycles. The molecule has 1 saturated carbocycles. The number of nitrogens with one attached hydrogen (secondary N) is 1. The number of ether oxygens (including phenoxy) is 1. The molecule has 1 aliphatic rings. The summed E-state index contributed by atoms with van der Waals surface area (Å²) in [6.45, 7) is 0. The largest absolute Gasteiger partial charge is 0.372 e. The van der Waals surface area contributed by atoms with E-state index in [-0.39, 0.29) is 5.60 Å². The molecule has 0 aromatic carbocycles. The van der Waals surface area contributed by atoms with Crippen molar-refractivity contribution < 1.29 is 9.53 Å². The summed E-state index contributed by atoms with van der Waals surface area (Å²) < 4.78 is 5.42. The summed E-state index contributed by atoms with van der Waals surface area (Å²) in [5.74, 6) is 0. The fourth-order valence-corrected chi connectivity index (χ4v) is 1.75. The number of hydrogen-bond acceptors (Lipinski definition) is 3. The van der Waals surface area contributed by atoms with E-state index in [0.717, 1.165) is 25.7 Å². The molecule has 0 spiro atoms. The predicted octanol–water partition coefficient (Wildman–Crippen LogP) is 0.990. The molecule has 14 heavy (non-hydrogen) atoms. The summed E-state index contributed by atoms with van der Waals surface area (Å²) in [5.41, 5.74) is 6.76. The van der Waals surface area contributed by atoms with Crippen molar-refractivity contribution in [3.63, 3.8) is 0 Å². The smallest absolute Gasteiger partial charge is 0.332 e. The van der Waals surface area contributed by atoms with Gasteiger partial charge >= 0.3 is 6.03 Å². The van der Waals surface area contributed by atoms with Crippen LogP contribution in [-0.4, -0.2) is 25.0 Å². The number of nitrogens with zero attached hydrogens (tertiary/aromatic N) is 1. The molecule has 1 aliphatic carbocycles. The average Bonchev–Trinajstić information content (AvgIpc) is 2.19. The molecule has 3 N–H and O–H groups in total. The van der Waals surface area contributed by atoms with Crippen molar-refractivity contribution in [2.24, 2.45) is 10.8 Å². The molecule has 80 valence electrons. The highest BCUT2D eigenvalue weighted by Crippen LogP contribution is 2.29. The summed E-state index contributed by atoms with van der Waals surface area (Å²) in [5, 5.41) is 3.76. The number of rotatable bonds is 3. The highest BCUT2D eigenvalue weighted by Gasteiger charge is 2.29. The maximum atomic E-state index is 10.4. The van der Waals surface area contributed by atoms with Crippen molar-refractivity contribution >= 4 is 12.2 Å². The number of carbonyl (C=O) groups is 1. The lowest BCUT2D eigenvalue weighted by atomic mass is 9.86. The lowest BCUT2D eigenvalue weighted by molar-refractivity contribution is 0.0231. The van der Waals surface area contributed by atoms with Crippen LogP contribution in [0.4, 0.5) is 4.79 Å². The Morgan fingerprint density at radius 2 is 2.14 bits per heavy atom. The molecule has 2 amide bonds. The summed E-state index contributed by atoms with van der Waals surface area (Å²) in [4.78, 5) is 10.4. The van der Waals surface area contributed by atoms with Gasteiger partial charge in [0.2, 0.25) is 0 Å². The second-order valence-electron chi connectivity index (χ2n) is 3.56. The van der Waals surface area contributed by atoms with E-state index in [4.69, 9.17) is 10.5 Å². The Labute approximate surface area is 83.7 Å². The molecule has 1 fully saturated rings. The molecular formula is C9H17N3O2. The number of carbonyl (C=O) groups excluding carboxylic acids is 1. The van der Waals surface area contributed by atoms with Crippen LogP contribution in [-0.2, 0) is 4.74 Å². The van der Waals surface area contributed by atoms with Crippen LogP contribution in [0.3, 0.4) is 0 Å². The zero-order chi connectivity index (χ0) is 10.4. The number of amides is 2. The third-order valence-corrected chi connectivity index (χ3v) is 2.58. The van der Waals surface area contributed by atoms with Gasteiger partial charge in [0.1, 0.15) is 5.60 Å². The Kier molecular flexibility index (Phi) is 3.88. The molecule has 5 heteroatoms. The molecule has 0 unspecified atom stereocenters. The molecule has 5 nitrogen and oxygen atoms in total. The first-order valence-electron chi connectivity index (χ1n) is 4.83. The molecule has 1 rings (SSSR count). The molecule has 0 aromatic rings. The van der Waals surface area contributed by atoms with Gasteiger partial charge in [0.05, 0.1) is 6.21 Å². The fraction of sp³-hybridized carbons (Fsp3) is 0.778. The van der Waals surface area contributed by atoms with Gasteiger partial charge in [-0.25, -0.2) is 10.2 Å². The SMILES string of the molecule is COC1(/C=N/NC(N)=O)CCCCC1. The number of methoxy groups -OCH3 is 1. The number of hydrogen-bond donors (Lipinski definition) is 2. The van der Waals surface area contributed by atoms with E-state index in [2.05, 4.69) is 10.5 Å². The molecule has 0 atom stereocenters. The third kappa shape index (κ3) is 2.99. The molecule has 0 heterocycles. The van der Waals surface area contributed by atoms with Crippen molar-refractivity contribution in [3.8, 4) is 0 Å². The third-order valence-electron chi connectivity index (χ3n) is 2.58. The maximum absolute atomic E-state index is 10.4. The number of primary amides is 1. The Bertz CT molecular complexity index is 222. The summed E-state index contributed by atoms with van der Waals surface area (Å²) >= 11 is 0. The van der Waals surface area contributed by atoms with Gasteiger partial charge in [-0.2, -0.15) is 5.10 Å². The van der Waals surface area contributed by atoms with Crippen LogP contribution >= 0.6 is 0 Å². The monoisotopic (exact) mass is 199 g/mol. The Morgan fingerprint density at radius 3 is 2.64 bits per heavy atom. The van der Waals surface area contributed by atoms with Gasteiger partial charge in [0.15, 0.2) is 0 Å². The number of hydrazone groups is 1. The van der Waals surface area contributed by atoms with Crippen molar-refractivity contribution in [3.05, 3.63) is 0 Å². The van der Waals surface area contributed by atoms with Gasteiger partial charge in [0, 0.05) is 7.11 Å². The second kappa shape index (κ2) is 4.95. The van der Waals surface area contributed by atoms with E-state index >= 15 is 0 Å². The standard InChI is InChI=1S/C9H17N3O2/c1-14-9(5-3-2-4-6-9)7-11-12-8(10)13/h7H,2-6H2,1H3,(H3,10,12,13)/b11-7+. The van der Waals surface area contributed by atoms with Crippen molar-refractivity contribution in [1.82, 2.24) is 5.43 Å². The minimum absolute atomic E-state index is 0.305. The van der Waals surface area contributed by atoms with Gasteiger partial charge in [-0.1, -0.05) is 19.3 Å². The van der Waals surface area contributed by atoms with Crippen LogP contribution in [0.25, 0.3) is 0 Å². The first-order chi connectivity index (χ1) is 6.68. The Hall–Kier alpha value is -1.10. The van der Waals surface area contributed by atoms with E-state index in [9.17, 15) is 4.79 Å². The van der Waals surface area contributed by atoms with E-state index in [0.29, 0.717) is 0 Å². The first-order valence-corrected chi connectivity index (χ1v) is 4.83. The van der Waals surface area contributed by atoms with E-state index in [1.54, 1.807) is 13.3 Å². The highest BCUT2D eigenvalue weighted by molar-refractivity contribution is 5.75. The molecule has 0 radical (unpaired) electrons. The lowest BCUT2D eigenvalue weighted by Crippen LogP contribution is -2.37. The van der Waals surface area contributed by atoms with E-state index < -0.39 is 6.03 Å². The molecule has 0 bridgehead atoms. The molecular weight excluding hydrogens is 182 g/mol. The Balaban J connectivity index is 2.51. The zero-order valence-corrected chi connectivity index (χ0v) is 8.45. The van der Waals surface area contributed by atoms with Crippen molar-refractivity contribution in [1.29, 1.82) is 0 Å². The van der Waals surface area contributed by atoms with Crippen LogP contribution in [0.2, 0.25) is 0 Å². The van der Waals surface area contributed by atoms with E-state index in [1.165, 1.54) is 6.42 Å². The minimum atomic E-state index is -0.650. The normalized spacial score (nSPS) is 20.9. The Morgan fingerprint density at radius 1 is 1.50 bits per heavy atom. The summed E-state index contributed by atoms with van der Waals surface area (Å²) in [6, 6.07) is -0.650. The summed E-state index contributed by atoms with van der Waals surface area (Å²) in [7, 11) is 1.67. The molecule has 0 aromatic heterocycles. The number of nitrogens with two attached hydrogens (primary N) is 1. The predicted molar refractivity (Wildman–Crippen MR) is 54.0 cm³/mol. The highest BCUT2D eigenvalue weighted by atomic mass is 16.5. The second-order valence-corrected chi connectivity index (χ2v) is 3.56. The average molecular weight is 199 g/mol. The zero-order valence-electron chi connectivity index (χ0n) is 8.45.